The average molecular weight is 454 g/mol. The van der Waals surface area contributed by atoms with Crippen LogP contribution in [0.4, 0.5) is 4.79 Å². The Hall–Kier alpha value is -2.80. The van der Waals surface area contributed by atoms with Gasteiger partial charge in [-0.3, -0.25) is 14.6 Å². The summed E-state index contributed by atoms with van der Waals surface area (Å²) < 4.78 is 5.05. The third-order valence-corrected chi connectivity index (χ3v) is 4.41. The number of nitrogens with one attached hydrogen (secondary N) is 2. The average Bonchev–Trinajstić information content (AvgIpc) is 3.03. The van der Waals surface area contributed by atoms with Crippen molar-refractivity contribution in [3.05, 3.63) is 30.1 Å². The largest absolute Gasteiger partial charge is 0.444 e. The number of amides is 3. The molecule has 0 radical (unpaired) electrons. The highest BCUT2D eigenvalue weighted by atomic mass is 17.7. The van der Waals surface area contributed by atoms with Gasteiger partial charge in [0.2, 0.25) is 11.8 Å². The molecule has 3 amide bonds. The van der Waals surface area contributed by atoms with Gasteiger partial charge in [-0.05, 0) is 42.5 Å². The number of hydrogen-bond donors (Lipinski definition) is 2. The van der Waals surface area contributed by atoms with Gasteiger partial charge in [-0.15, -0.1) is 0 Å². The van der Waals surface area contributed by atoms with E-state index >= 15 is 0 Å². The quantitative estimate of drug-likeness (QED) is 0.285. The lowest BCUT2D eigenvalue weighted by atomic mass is 9.94. The molecule has 0 aromatic carbocycles. The highest BCUT2D eigenvalue weighted by Gasteiger charge is 2.42. The van der Waals surface area contributed by atoms with Crippen LogP contribution in [0.3, 0.4) is 0 Å². The number of hydrogen-bond acceptors (Lipinski definition) is 9. The number of rotatable bonds is 11. The molecule has 1 unspecified atom stereocenters. The van der Waals surface area contributed by atoms with Gasteiger partial charge in [0.1, 0.15) is 18.8 Å². The molecule has 1 aromatic rings. The van der Waals surface area contributed by atoms with Crippen molar-refractivity contribution in [1.29, 1.82) is 0 Å². The van der Waals surface area contributed by atoms with Crippen molar-refractivity contribution in [2.24, 2.45) is 5.92 Å². The summed E-state index contributed by atoms with van der Waals surface area (Å²) in [5, 5.41) is 13.9. The van der Waals surface area contributed by atoms with E-state index in [2.05, 4.69) is 30.6 Å². The minimum absolute atomic E-state index is 0.00169. The van der Waals surface area contributed by atoms with Crippen molar-refractivity contribution in [2.75, 3.05) is 33.4 Å². The van der Waals surface area contributed by atoms with Crippen LogP contribution in [0.15, 0.2) is 24.5 Å². The zero-order chi connectivity index (χ0) is 23.6. The molecule has 0 saturated carbocycles. The molecule has 2 atom stereocenters. The van der Waals surface area contributed by atoms with Gasteiger partial charge in [-0.1, -0.05) is 6.07 Å². The van der Waals surface area contributed by atoms with Crippen molar-refractivity contribution < 1.29 is 39.0 Å². The predicted octanol–water partition coefficient (Wildman–Crippen LogP) is 1.05. The van der Waals surface area contributed by atoms with Crippen LogP contribution in [-0.4, -0.2) is 66.7 Å². The van der Waals surface area contributed by atoms with E-state index in [0.717, 1.165) is 5.56 Å². The van der Waals surface area contributed by atoms with Gasteiger partial charge < -0.3 is 20.3 Å². The van der Waals surface area contributed by atoms with E-state index < -0.39 is 17.6 Å². The number of alkyl carbamates (subject to hydrolysis) is 1. The van der Waals surface area contributed by atoms with E-state index in [1.807, 2.05) is 6.07 Å². The minimum atomic E-state index is -0.587. The molecule has 1 aliphatic heterocycles. The first-order valence-electron chi connectivity index (χ1n) is 10.2. The SMILES string of the molecule is CN1C(=O)CC(C(=O)NCCOOOOCCNC(=O)OC(C)(C)C)[C@H]1c1cccnc1. The van der Waals surface area contributed by atoms with Crippen LogP contribution in [0, 0.1) is 5.92 Å². The fraction of sp³-hybridized carbons (Fsp3) is 0.600. The van der Waals surface area contributed by atoms with Crippen LogP contribution < -0.4 is 10.6 Å². The van der Waals surface area contributed by atoms with Gasteiger partial charge in [0.25, 0.3) is 0 Å². The summed E-state index contributed by atoms with van der Waals surface area (Å²) in [6.07, 6.45) is 2.83. The van der Waals surface area contributed by atoms with E-state index in [-0.39, 0.29) is 50.6 Å². The molecule has 1 aliphatic rings. The van der Waals surface area contributed by atoms with Crippen LogP contribution >= 0.6 is 0 Å². The molecule has 2 N–H and O–H groups in total. The Kier molecular flexibility index (Phi) is 9.78. The number of nitrogens with zero attached hydrogens (tertiary/aromatic N) is 2. The number of carbonyl (C=O) groups excluding carboxylic acids is 3. The minimum Gasteiger partial charge on any atom is -0.444 e. The lowest BCUT2D eigenvalue weighted by Crippen LogP contribution is -2.36. The molecule has 2 rings (SSSR count). The van der Waals surface area contributed by atoms with E-state index in [4.69, 9.17) is 9.62 Å². The second kappa shape index (κ2) is 12.3. The van der Waals surface area contributed by atoms with Gasteiger partial charge in [0, 0.05) is 39.0 Å². The van der Waals surface area contributed by atoms with Crippen LogP contribution in [0.25, 0.3) is 0 Å². The maximum Gasteiger partial charge on any atom is 0.407 e. The van der Waals surface area contributed by atoms with E-state index in [1.165, 1.54) is 0 Å². The summed E-state index contributed by atoms with van der Waals surface area (Å²) in [4.78, 5) is 51.1. The highest BCUT2D eigenvalue weighted by molar-refractivity contribution is 5.90. The van der Waals surface area contributed by atoms with Crippen LogP contribution in [-0.2, 0) is 34.2 Å². The Morgan fingerprint density at radius 1 is 1.16 bits per heavy atom. The van der Waals surface area contributed by atoms with Crippen molar-refractivity contribution in [1.82, 2.24) is 20.5 Å². The molecule has 1 fully saturated rings. The Labute approximate surface area is 186 Å². The van der Waals surface area contributed by atoms with Crippen molar-refractivity contribution in [3.63, 3.8) is 0 Å². The molecule has 32 heavy (non-hydrogen) atoms. The van der Waals surface area contributed by atoms with Gasteiger partial charge in [-0.2, -0.15) is 0 Å². The topological polar surface area (TPSA) is 138 Å². The van der Waals surface area contributed by atoms with E-state index in [1.54, 1.807) is 51.2 Å². The summed E-state index contributed by atoms with van der Waals surface area (Å²) in [7, 11) is 1.67. The van der Waals surface area contributed by atoms with Crippen LogP contribution in [0.2, 0.25) is 0 Å². The molecule has 1 aromatic heterocycles. The Balaban J connectivity index is 1.57. The third-order valence-electron chi connectivity index (χ3n) is 4.41. The van der Waals surface area contributed by atoms with Gasteiger partial charge in [0.15, 0.2) is 0 Å². The Morgan fingerprint density at radius 2 is 1.81 bits per heavy atom. The first kappa shape index (κ1) is 25.5. The summed E-state index contributed by atoms with van der Waals surface area (Å²) in [5.74, 6) is -0.912. The van der Waals surface area contributed by atoms with Crippen molar-refractivity contribution in [3.8, 4) is 0 Å². The van der Waals surface area contributed by atoms with Gasteiger partial charge >= 0.3 is 6.09 Å². The fourth-order valence-electron chi connectivity index (χ4n) is 3.07. The van der Waals surface area contributed by atoms with Gasteiger partial charge in [-0.25, -0.2) is 14.6 Å². The predicted molar refractivity (Wildman–Crippen MR) is 109 cm³/mol. The number of likely N-dealkylation sites (tertiary alicyclic amines) is 1. The molecular formula is C20H30N4O8. The van der Waals surface area contributed by atoms with Crippen LogP contribution in [0.1, 0.15) is 38.8 Å². The van der Waals surface area contributed by atoms with Crippen molar-refractivity contribution in [2.45, 2.75) is 38.8 Å². The zero-order valence-electron chi connectivity index (χ0n) is 18.7. The first-order valence-corrected chi connectivity index (χ1v) is 10.2. The molecule has 0 spiro atoms. The highest BCUT2D eigenvalue weighted by Crippen LogP contribution is 2.36. The number of ether oxygens (including phenoxy) is 1. The van der Waals surface area contributed by atoms with Gasteiger partial charge in [0.05, 0.1) is 12.0 Å². The Bertz CT molecular complexity index is 756. The summed E-state index contributed by atoms with van der Waals surface area (Å²) in [5.41, 5.74) is 0.212. The summed E-state index contributed by atoms with van der Waals surface area (Å²) in [6, 6.07) is 3.23. The number of pyridine rings is 1. The molecule has 12 nitrogen and oxygen atoms in total. The molecule has 12 heteroatoms. The molecule has 178 valence electrons. The second-order valence-corrected chi connectivity index (χ2v) is 8.05. The van der Waals surface area contributed by atoms with E-state index in [0.29, 0.717) is 0 Å². The fourth-order valence-corrected chi connectivity index (χ4v) is 3.07. The number of carbonyl (C=O) groups is 3. The Morgan fingerprint density at radius 3 is 2.41 bits per heavy atom. The zero-order valence-corrected chi connectivity index (χ0v) is 18.7. The summed E-state index contributed by atoms with van der Waals surface area (Å²) in [6.45, 7) is 5.52. The summed E-state index contributed by atoms with van der Waals surface area (Å²) >= 11 is 0. The maximum absolute atomic E-state index is 12.6. The lowest BCUT2D eigenvalue weighted by Gasteiger charge is -2.24. The number of aromatic nitrogens is 1. The second-order valence-electron chi connectivity index (χ2n) is 8.05. The van der Waals surface area contributed by atoms with Crippen molar-refractivity contribution >= 4 is 17.9 Å². The molecule has 0 aliphatic carbocycles. The molecular weight excluding hydrogens is 424 g/mol. The third kappa shape index (κ3) is 8.38. The monoisotopic (exact) mass is 454 g/mol. The lowest BCUT2D eigenvalue weighted by molar-refractivity contribution is -0.633. The van der Waals surface area contributed by atoms with E-state index in [9.17, 15) is 14.4 Å². The standard InChI is InChI=1S/C20H30N4O8/c1-20(2,3)30-19(27)23-9-11-29-32-31-28-10-8-22-18(26)15-12-16(25)24(4)17(15)14-6-5-7-21-13-14/h5-7,13,15,17H,8-12H2,1-4H3,(H,22,26)(H,23,27)/t15?,17-/m1/s1. The molecule has 2 heterocycles. The molecule has 1 saturated heterocycles. The first-order chi connectivity index (χ1) is 15.2. The maximum atomic E-state index is 12.6. The molecule has 0 bridgehead atoms. The normalized spacial score (nSPS) is 18.5. The smallest absolute Gasteiger partial charge is 0.407 e. The van der Waals surface area contributed by atoms with Crippen LogP contribution in [0.5, 0.6) is 0 Å².